The Morgan fingerprint density at radius 3 is 2.29 bits per heavy atom. The Morgan fingerprint density at radius 1 is 1.00 bits per heavy atom. The standard InChI is InChI=1S/C18H18N4O2/c1-12(18(24)22-15-8-6-14(11-19)7-9-15)20-16-4-3-5-17(10-16)21-13(2)23/h3-10,12,20H,1-2H3,(H,21,23)(H,22,24). The molecule has 0 aliphatic heterocycles. The van der Waals surface area contributed by atoms with Gasteiger partial charge in [-0.3, -0.25) is 9.59 Å². The lowest BCUT2D eigenvalue weighted by atomic mass is 10.2. The molecule has 0 heterocycles. The van der Waals surface area contributed by atoms with Gasteiger partial charge in [0.25, 0.3) is 0 Å². The van der Waals surface area contributed by atoms with Gasteiger partial charge in [-0.15, -0.1) is 0 Å². The molecule has 2 aromatic carbocycles. The summed E-state index contributed by atoms with van der Waals surface area (Å²) in [5.41, 5.74) is 2.55. The van der Waals surface area contributed by atoms with Crippen LogP contribution < -0.4 is 16.0 Å². The normalized spacial score (nSPS) is 11.0. The molecule has 122 valence electrons. The number of nitriles is 1. The Hall–Kier alpha value is -3.33. The highest BCUT2D eigenvalue weighted by Crippen LogP contribution is 2.16. The van der Waals surface area contributed by atoms with Crippen LogP contribution in [0.15, 0.2) is 48.5 Å². The second kappa shape index (κ2) is 7.79. The first-order chi connectivity index (χ1) is 11.5. The Kier molecular flexibility index (Phi) is 5.53. The van der Waals surface area contributed by atoms with E-state index in [0.29, 0.717) is 16.9 Å². The van der Waals surface area contributed by atoms with Crippen LogP contribution in [0.5, 0.6) is 0 Å². The Bertz CT molecular complexity index is 778. The highest BCUT2D eigenvalue weighted by Gasteiger charge is 2.13. The third kappa shape index (κ3) is 4.85. The molecule has 1 unspecified atom stereocenters. The summed E-state index contributed by atoms with van der Waals surface area (Å²) < 4.78 is 0. The SMILES string of the molecule is CC(=O)Nc1cccc(NC(C)C(=O)Nc2ccc(C#N)cc2)c1. The van der Waals surface area contributed by atoms with Gasteiger partial charge in [0.15, 0.2) is 0 Å². The van der Waals surface area contributed by atoms with Crippen molar-refractivity contribution in [3.8, 4) is 6.07 Å². The van der Waals surface area contributed by atoms with Crippen molar-refractivity contribution in [1.82, 2.24) is 0 Å². The number of rotatable bonds is 5. The van der Waals surface area contributed by atoms with Crippen LogP contribution in [0.1, 0.15) is 19.4 Å². The van der Waals surface area contributed by atoms with Crippen LogP contribution in [0.2, 0.25) is 0 Å². The molecule has 0 aromatic heterocycles. The van der Waals surface area contributed by atoms with Crippen LogP contribution in [0, 0.1) is 11.3 Å². The quantitative estimate of drug-likeness (QED) is 0.789. The minimum Gasteiger partial charge on any atom is -0.374 e. The van der Waals surface area contributed by atoms with Gasteiger partial charge in [0.2, 0.25) is 11.8 Å². The third-order valence-electron chi connectivity index (χ3n) is 3.24. The highest BCUT2D eigenvalue weighted by atomic mass is 16.2. The number of benzene rings is 2. The number of hydrogen-bond donors (Lipinski definition) is 3. The summed E-state index contributed by atoms with van der Waals surface area (Å²) in [5, 5.41) is 17.3. The monoisotopic (exact) mass is 322 g/mol. The van der Waals surface area contributed by atoms with Gasteiger partial charge >= 0.3 is 0 Å². The lowest BCUT2D eigenvalue weighted by Gasteiger charge is -2.16. The molecule has 0 radical (unpaired) electrons. The van der Waals surface area contributed by atoms with Gasteiger partial charge in [0, 0.05) is 24.0 Å². The van der Waals surface area contributed by atoms with E-state index in [-0.39, 0.29) is 11.8 Å². The number of amides is 2. The van der Waals surface area contributed by atoms with Crippen LogP contribution in [0.3, 0.4) is 0 Å². The van der Waals surface area contributed by atoms with Crippen LogP contribution in [0.4, 0.5) is 17.1 Å². The van der Waals surface area contributed by atoms with E-state index in [1.807, 2.05) is 12.1 Å². The lowest BCUT2D eigenvalue weighted by molar-refractivity contribution is -0.116. The second-order valence-electron chi connectivity index (χ2n) is 5.31. The summed E-state index contributed by atoms with van der Waals surface area (Å²) in [4.78, 5) is 23.3. The molecule has 0 saturated carbocycles. The number of carbonyl (C=O) groups excluding carboxylic acids is 2. The summed E-state index contributed by atoms with van der Waals surface area (Å²) in [5.74, 6) is -0.358. The predicted octanol–water partition coefficient (Wildman–Crippen LogP) is 2.96. The molecule has 2 rings (SSSR count). The van der Waals surface area contributed by atoms with Crippen molar-refractivity contribution in [2.75, 3.05) is 16.0 Å². The predicted molar refractivity (Wildman–Crippen MR) is 93.6 cm³/mol. The number of nitrogens with zero attached hydrogens (tertiary/aromatic N) is 1. The molecule has 0 bridgehead atoms. The molecule has 3 N–H and O–H groups in total. The van der Waals surface area contributed by atoms with E-state index in [2.05, 4.69) is 16.0 Å². The van der Waals surface area contributed by atoms with Gasteiger partial charge in [-0.1, -0.05) is 6.07 Å². The van der Waals surface area contributed by atoms with Crippen LogP contribution in [0.25, 0.3) is 0 Å². The fraction of sp³-hybridized carbons (Fsp3) is 0.167. The summed E-state index contributed by atoms with van der Waals surface area (Å²) >= 11 is 0. The van der Waals surface area contributed by atoms with Crippen molar-refractivity contribution in [3.05, 3.63) is 54.1 Å². The molecule has 2 aromatic rings. The molecule has 6 heteroatoms. The molecule has 0 saturated heterocycles. The van der Waals surface area contributed by atoms with Crippen LogP contribution in [-0.4, -0.2) is 17.9 Å². The fourth-order valence-corrected chi connectivity index (χ4v) is 2.08. The maximum Gasteiger partial charge on any atom is 0.246 e. The Balaban J connectivity index is 1.98. The third-order valence-corrected chi connectivity index (χ3v) is 3.24. The van der Waals surface area contributed by atoms with Gasteiger partial charge in [0.1, 0.15) is 6.04 Å². The average molecular weight is 322 g/mol. The van der Waals surface area contributed by atoms with Crippen LogP contribution in [-0.2, 0) is 9.59 Å². The zero-order valence-electron chi connectivity index (χ0n) is 13.5. The summed E-state index contributed by atoms with van der Waals surface area (Å²) in [7, 11) is 0. The lowest BCUT2D eigenvalue weighted by Crippen LogP contribution is -2.31. The number of hydrogen-bond acceptors (Lipinski definition) is 4. The molecule has 1 atom stereocenters. The largest absolute Gasteiger partial charge is 0.374 e. The molecular formula is C18H18N4O2. The van der Waals surface area contributed by atoms with Crippen molar-refractivity contribution in [2.24, 2.45) is 0 Å². The minimum atomic E-state index is -0.478. The molecule has 0 spiro atoms. The number of anilines is 3. The minimum absolute atomic E-state index is 0.154. The molecule has 0 fully saturated rings. The van der Waals surface area contributed by atoms with Gasteiger partial charge < -0.3 is 16.0 Å². The van der Waals surface area contributed by atoms with E-state index in [4.69, 9.17) is 5.26 Å². The first kappa shape index (κ1) is 17.0. The van der Waals surface area contributed by atoms with Crippen molar-refractivity contribution in [1.29, 1.82) is 5.26 Å². The highest BCUT2D eigenvalue weighted by molar-refractivity contribution is 5.96. The van der Waals surface area contributed by atoms with Crippen molar-refractivity contribution >= 4 is 28.9 Å². The first-order valence-electron chi connectivity index (χ1n) is 7.43. The summed E-state index contributed by atoms with van der Waals surface area (Å²) in [6, 6.07) is 15.3. The molecule has 6 nitrogen and oxygen atoms in total. The van der Waals surface area contributed by atoms with Gasteiger partial charge in [-0.05, 0) is 49.4 Å². The van der Waals surface area contributed by atoms with E-state index in [1.54, 1.807) is 49.4 Å². The first-order valence-corrected chi connectivity index (χ1v) is 7.43. The van der Waals surface area contributed by atoms with E-state index in [0.717, 1.165) is 5.69 Å². The topological polar surface area (TPSA) is 94.0 Å². The summed E-state index contributed by atoms with van der Waals surface area (Å²) in [6.45, 7) is 3.18. The van der Waals surface area contributed by atoms with Gasteiger partial charge in [-0.2, -0.15) is 5.26 Å². The number of nitrogens with one attached hydrogen (secondary N) is 3. The fourth-order valence-electron chi connectivity index (χ4n) is 2.08. The maximum absolute atomic E-state index is 12.2. The van der Waals surface area contributed by atoms with Gasteiger partial charge in [-0.25, -0.2) is 0 Å². The van der Waals surface area contributed by atoms with Crippen LogP contribution >= 0.6 is 0 Å². The zero-order valence-corrected chi connectivity index (χ0v) is 13.5. The van der Waals surface area contributed by atoms with Gasteiger partial charge in [0.05, 0.1) is 11.6 Å². The molecular weight excluding hydrogens is 304 g/mol. The summed E-state index contributed by atoms with van der Waals surface area (Å²) in [6.07, 6.45) is 0. The molecule has 0 aliphatic carbocycles. The van der Waals surface area contributed by atoms with Crippen molar-refractivity contribution < 1.29 is 9.59 Å². The Morgan fingerprint density at radius 2 is 1.67 bits per heavy atom. The van der Waals surface area contributed by atoms with E-state index < -0.39 is 6.04 Å². The smallest absolute Gasteiger partial charge is 0.246 e. The van der Waals surface area contributed by atoms with Crippen molar-refractivity contribution in [2.45, 2.75) is 19.9 Å². The van der Waals surface area contributed by atoms with E-state index in [1.165, 1.54) is 6.92 Å². The molecule has 0 aliphatic rings. The number of carbonyl (C=O) groups is 2. The van der Waals surface area contributed by atoms with Crippen molar-refractivity contribution in [3.63, 3.8) is 0 Å². The molecule has 2 amide bonds. The molecule has 24 heavy (non-hydrogen) atoms. The zero-order chi connectivity index (χ0) is 17.5. The second-order valence-corrected chi connectivity index (χ2v) is 5.31. The maximum atomic E-state index is 12.2. The average Bonchev–Trinajstić information content (AvgIpc) is 2.55. The van der Waals surface area contributed by atoms with E-state index >= 15 is 0 Å². The Labute approximate surface area is 140 Å². The van der Waals surface area contributed by atoms with E-state index in [9.17, 15) is 9.59 Å².